The summed E-state index contributed by atoms with van der Waals surface area (Å²) in [6.45, 7) is 1.09. The summed E-state index contributed by atoms with van der Waals surface area (Å²) in [5.41, 5.74) is -2.16. The third-order valence-electron chi connectivity index (χ3n) is 3.43. The summed E-state index contributed by atoms with van der Waals surface area (Å²) in [6.07, 6.45) is -11.4. The number of hydrogen-bond donors (Lipinski definition) is 3. The molecule has 0 radical (unpaired) electrons. The molecule has 1 unspecified atom stereocenters. The molecule has 0 heterocycles. The number of benzene rings is 1. The van der Waals surface area contributed by atoms with Crippen molar-refractivity contribution in [1.82, 2.24) is 5.43 Å². The van der Waals surface area contributed by atoms with Gasteiger partial charge in [-0.1, -0.05) is 0 Å². The van der Waals surface area contributed by atoms with Gasteiger partial charge >= 0.3 is 12.4 Å². The van der Waals surface area contributed by atoms with E-state index in [0.717, 1.165) is 19.1 Å². The Morgan fingerprint density at radius 2 is 1.80 bits per heavy atom. The minimum Gasteiger partial charge on any atom is -0.324 e. The fourth-order valence-corrected chi connectivity index (χ4v) is 1.87. The quantitative estimate of drug-likeness (QED) is 0.423. The van der Waals surface area contributed by atoms with E-state index in [2.05, 4.69) is 5.32 Å². The summed E-state index contributed by atoms with van der Waals surface area (Å²) in [7, 11) is 0. The number of hydrazine groups is 1. The molecule has 11 heteroatoms. The highest BCUT2D eigenvalue weighted by Crippen LogP contribution is 2.34. The van der Waals surface area contributed by atoms with Crippen molar-refractivity contribution >= 4 is 11.6 Å². The lowest BCUT2D eigenvalue weighted by molar-refractivity contribution is -0.142. The van der Waals surface area contributed by atoms with Gasteiger partial charge in [0.15, 0.2) is 0 Å². The lowest BCUT2D eigenvalue weighted by atomic mass is 9.95. The molecule has 0 saturated heterocycles. The topological polar surface area (TPSA) is 90.9 Å². The molecule has 0 aliphatic carbocycles. The Bertz CT molecular complexity index is 679. The largest absolute Gasteiger partial charge is 0.417 e. The van der Waals surface area contributed by atoms with E-state index in [-0.39, 0.29) is 5.69 Å². The van der Waals surface area contributed by atoms with E-state index in [1.54, 1.807) is 0 Å². The molecule has 4 N–H and O–H groups in total. The third kappa shape index (κ3) is 5.61. The second-order valence-corrected chi connectivity index (χ2v) is 5.42. The van der Waals surface area contributed by atoms with E-state index in [1.165, 1.54) is 6.07 Å². The summed E-state index contributed by atoms with van der Waals surface area (Å²) in [4.78, 5) is 12.1. The van der Waals surface area contributed by atoms with Crippen molar-refractivity contribution in [2.24, 2.45) is 5.84 Å². The van der Waals surface area contributed by atoms with Crippen LogP contribution in [0, 0.1) is 11.3 Å². The summed E-state index contributed by atoms with van der Waals surface area (Å²) in [6, 6.07) is 3.78. The van der Waals surface area contributed by atoms with E-state index < -0.39 is 47.8 Å². The normalized spacial score (nSPS) is 14.5. The number of carbonyl (C=O) groups excluding carboxylic acids is 1. The summed E-state index contributed by atoms with van der Waals surface area (Å²) < 4.78 is 75.6. The van der Waals surface area contributed by atoms with Crippen LogP contribution >= 0.6 is 0 Å². The maximum Gasteiger partial charge on any atom is 0.417 e. The molecule has 0 aromatic heterocycles. The zero-order valence-corrected chi connectivity index (χ0v) is 12.8. The second-order valence-electron chi connectivity index (χ2n) is 5.42. The smallest absolute Gasteiger partial charge is 0.324 e. The molecule has 138 valence electrons. The van der Waals surface area contributed by atoms with Crippen LogP contribution in [0.15, 0.2) is 18.2 Å². The van der Waals surface area contributed by atoms with Crippen LogP contribution in [0.5, 0.6) is 0 Å². The SMILES string of the molecule is CC(CCC(F)(F)F)(NN)C(=O)Nc1ccc(C#N)c(C(F)(F)F)c1. The molecule has 1 rings (SSSR count). The molecule has 1 aromatic carbocycles. The van der Waals surface area contributed by atoms with E-state index in [1.807, 2.05) is 5.43 Å². The Labute approximate surface area is 138 Å². The van der Waals surface area contributed by atoms with Crippen molar-refractivity contribution in [3.8, 4) is 6.07 Å². The van der Waals surface area contributed by atoms with Gasteiger partial charge in [-0.05, 0) is 31.5 Å². The molecule has 0 fully saturated rings. The first kappa shape index (κ1) is 20.7. The lowest BCUT2D eigenvalue weighted by Crippen LogP contribution is -2.55. The summed E-state index contributed by atoms with van der Waals surface area (Å²) >= 11 is 0. The van der Waals surface area contributed by atoms with Crippen LogP contribution in [0.2, 0.25) is 0 Å². The van der Waals surface area contributed by atoms with Gasteiger partial charge in [-0.15, -0.1) is 0 Å². The number of nitrogens with one attached hydrogen (secondary N) is 2. The Balaban J connectivity index is 3.04. The Kier molecular flexibility index (Phi) is 6.04. The van der Waals surface area contributed by atoms with Gasteiger partial charge in [0.1, 0.15) is 5.54 Å². The van der Waals surface area contributed by atoms with Crippen molar-refractivity contribution in [2.75, 3.05) is 5.32 Å². The zero-order valence-electron chi connectivity index (χ0n) is 12.8. The molecule has 0 spiro atoms. The third-order valence-corrected chi connectivity index (χ3v) is 3.43. The van der Waals surface area contributed by atoms with Crippen molar-refractivity contribution in [1.29, 1.82) is 5.26 Å². The van der Waals surface area contributed by atoms with Gasteiger partial charge in [0.25, 0.3) is 0 Å². The first-order valence-corrected chi connectivity index (χ1v) is 6.80. The van der Waals surface area contributed by atoms with Gasteiger partial charge in [0.05, 0.1) is 17.2 Å². The molecular formula is C14H14F6N4O. The van der Waals surface area contributed by atoms with Crippen LogP contribution in [-0.2, 0) is 11.0 Å². The van der Waals surface area contributed by atoms with Gasteiger partial charge in [-0.25, -0.2) is 5.43 Å². The number of alkyl halides is 6. The molecule has 0 aliphatic rings. The van der Waals surface area contributed by atoms with Crippen LogP contribution in [-0.4, -0.2) is 17.6 Å². The highest BCUT2D eigenvalue weighted by atomic mass is 19.4. The van der Waals surface area contributed by atoms with E-state index in [0.29, 0.717) is 6.07 Å². The minimum absolute atomic E-state index is 0.329. The number of amides is 1. The monoisotopic (exact) mass is 368 g/mol. The van der Waals surface area contributed by atoms with Gasteiger partial charge < -0.3 is 5.32 Å². The fourth-order valence-electron chi connectivity index (χ4n) is 1.87. The Morgan fingerprint density at radius 1 is 1.20 bits per heavy atom. The summed E-state index contributed by atoms with van der Waals surface area (Å²) in [5.74, 6) is 4.09. The molecule has 0 aliphatic heterocycles. The molecule has 1 aromatic rings. The maximum absolute atomic E-state index is 12.9. The molecule has 1 atom stereocenters. The predicted molar refractivity (Wildman–Crippen MR) is 75.8 cm³/mol. The highest BCUT2D eigenvalue weighted by molar-refractivity contribution is 5.97. The van der Waals surface area contributed by atoms with E-state index in [9.17, 15) is 31.1 Å². The second kappa shape index (κ2) is 7.28. The van der Waals surface area contributed by atoms with Gasteiger partial charge in [-0.2, -0.15) is 31.6 Å². The van der Waals surface area contributed by atoms with Crippen LogP contribution in [0.1, 0.15) is 30.9 Å². The van der Waals surface area contributed by atoms with Crippen LogP contribution in [0.4, 0.5) is 32.0 Å². The fraction of sp³-hybridized carbons (Fsp3) is 0.429. The molecule has 5 nitrogen and oxygen atoms in total. The number of hydrogen-bond acceptors (Lipinski definition) is 4. The molecular weight excluding hydrogens is 354 g/mol. The van der Waals surface area contributed by atoms with Crippen LogP contribution < -0.4 is 16.6 Å². The maximum atomic E-state index is 12.9. The Morgan fingerprint density at radius 3 is 2.24 bits per heavy atom. The van der Waals surface area contributed by atoms with Crippen molar-refractivity contribution in [2.45, 2.75) is 37.7 Å². The molecule has 0 bridgehead atoms. The number of halogens is 6. The summed E-state index contributed by atoms with van der Waals surface area (Å²) in [5, 5.41) is 10.8. The zero-order chi connectivity index (χ0) is 19.5. The number of carbonyl (C=O) groups is 1. The first-order chi connectivity index (χ1) is 11.3. The average Bonchev–Trinajstić information content (AvgIpc) is 2.51. The van der Waals surface area contributed by atoms with E-state index >= 15 is 0 Å². The lowest BCUT2D eigenvalue weighted by Gasteiger charge is -2.28. The van der Waals surface area contributed by atoms with Crippen LogP contribution in [0.25, 0.3) is 0 Å². The standard InChI is InChI=1S/C14H14F6N4O/c1-12(24-22,4-5-13(15,16)17)11(25)23-9-3-2-8(7-21)10(6-9)14(18,19)20/h2-3,6,24H,4-5,22H2,1H3,(H,23,25). The van der Waals surface area contributed by atoms with Crippen molar-refractivity contribution in [3.63, 3.8) is 0 Å². The van der Waals surface area contributed by atoms with Crippen molar-refractivity contribution in [3.05, 3.63) is 29.3 Å². The first-order valence-electron chi connectivity index (χ1n) is 6.80. The molecule has 1 amide bonds. The Hall–Kier alpha value is -2.32. The average molecular weight is 368 g/mol. The van der Waals surface area contributed by atoms with E-state index in [4.69, 9.17) is 11.1 Å². The minimum atomic E-state index is -4.84. The van der Waals surface area contributed by atoms with Crippen molar-refractivity contribution < 1.29 is 31.1 Å². The predicted octanol–water partition coefficient (Wildman–Crippen LogP) is 3.08. The van der Waals surface area contributed by atoms with Gasteiger partial charge in [0, 0.05) is 12.1 Å². The number of nitrogens with zero attached hydrogens (tertiary/aromatic N) is 1. The number of anilines is 1. The number of nitriles is 1. The highest BCUT2D eigenvalue weighted by Gasteiger charge is 2.38. The van der Waals surface area contributed by atoms with Gasteiger partial charge in [-0.3, -0.25) is 10.6 Å². The van der Waals surface area contributed by atoms with Crippen LogP contribution in [0.3, 0.4) is 0 Å². The molecule has 0 saturated carbocycles. The number of nitrogens with two attached hydrogens (primary N) is 1. The molecule has 25 heavy (non-hydrogen) atoms. The van der Waals surface area contributed by atoms with Gasteiger partial charge in [0.2, 0.25) is 5.91 Å². The number of rotatable bonds is 5.